The van der Waals surface area contributed by atoms with Crippen LogP contribution in [0.3, 0.4) is 0 Å². The molecule has 1 rings (SSSR count). The Morgan fingerprint density at radius 2 is 1.94 bits per heavy atom. The Balaban J connectivity index is 2.31. The van der Waals surface area contributed by atoms with Gasteiger partial charge in [-0.1, -0.05) is 32.6 Å². The number of nitrogens with one attached hydrogen (secondary N) is 1. The van der Waals surface area contributed by atoms with Crippen LogP contribution in [0, 0.1) is 0 Å². The Labute approximate surface area is 111 Å². The van der Waals surface area contributed by atoms with E-state index in [0.29, 0.717) is 13.2 Å². The topological polar surface area (TPSA) is 64.3 Å². The number of hydrogen-bond donors (Lipinski definition) is 2. The Hall–Kier alpha value is -0.610. The molecular weight excluding hydrogens is 228 g/mol. The molecule has 1 amide bonds. The van der Waals surface area contributed by atoms with Crippen LogP contribution in [0.2, 0.25) is 0 Å². The number of amides is 1. The normalized spacial score (nSPS) is 21.1. The van der Waals surface area contributed by atoms with E-state index in [2.05, 4.69) is 5.32 Å². The molecule has 0 bridgehead atoms. The van der Waals surface area contributed by atoms with Crippen LogP contribution in [-0.2, 0) is 9.53 Å². The summed E-state index contributed by atoms with van der Waals surface area (Å²) >= 11 is 0. The van der Waals surface area contributed by atoms with E-state index in [0.717, 1.165) is 19.3 Å². The van der Waals surface area contributed by atoms with E-state index in [1.54, 1.807) is 6.92 Å². The van der Waals surface area contributed by atoms with Crippen molar-refractivity contribution in [3.8, 4) is 0 Å². The molecule has 0 spiro atoms. The summed E-state index contributed by atoms with van der Waals surface area (Å²) in [6, 6.07) is 0. The number of nitrogens with two attached hydrogens (primary N) is 1. The minimum absolute atomic E-state index is 0.0333. The summed E-state index contributed by atoms with van der Waals surface area (Å²) in [6.45, 7) is 5.03. The highest BCUT2D eigenvalue weighted by molar-refractivity contribution is 5.80. The van der Waals surface area contributed by atoms with Gasteiger partial charge in [0.05, 0.1) is 6.61 Å². The second-order valence-corrected chi connectivity index (χ2v) is 5.52. The lowest BCUT2D eigenvalue weighted by Crippen LogP contribution is -2.46. The van der Waals surface area contributed by atoms with Gasteiger partial charge in [0.25, 0.3) is 0 Å². The Bertz CT molecular complexity index is 248. The highest BCUT2D eigenvalue weighted by Gasteiger charge is 2.28. The fourth-order valence-corrected chi connectivity index (χ4v) is 2.34. The van der Waals surface area contributed by atoms with E-state index in [4.69, 9.17) is 10.5 Å². The molecule has 106 valence electrons. The third-order valence-electron chi connectivity index (χ3n) is 3.64. The molecule has 3 N–H and O–H groups in total. The van der Waals surface area contributed by atoms with Crippen molar-refractivity contribution in [1.29, 1.82) is 0 Å². The summed E-state index contributed by atoms with van der Waals surface area (Å²) in [6.07, 6.45) is 7.45. The third-order valence-corrected chi connectivity index (χ3v) is 3.64. The van der Waals surface area contributed by atoms with Crippen molar-refractivity contribution in [3.05, 3.63) is 0 Å². The zero-order valence-electron chi connectivity index (χ0n) is 11.8. The molecule has 0 heterocycles. The van der Waals surface area contributed by atoms with Crippen LogP contribution in [-0.4, -0.2) is 30.7 Å². The molecule has 1 saturated carbocycles. The van der Waals surface area contributed by atoms with Gasteiger partial charge in [-0.2, -0.15) is 0 Å². The van der Waals surface area contributed by atoms with Gasteiger partial charge in [0.2, 0.25) is 5.91 Å². The van der Waals surface area contributed by atoms with Crippen LogP contribution >= 0.6 is 0 Å². The summed E-state index contributed by atoms with van der Waals surface area (Å²) in [5, 5.41) is 2.84. The van der Waals surface area contributed by atoms with E-state index in [9.17, 15) is 4.79 Å². The number of carbonyl (C=O) groups is 1. The van der Waals surface area contributed by atoms with E-state index < -0.39 is 6.10 Å². The van der Waals surface area contributed by atoms with Gasteiger partial charge in [0, 0.05) is 12.1 Å². The summed E-state index contributed by atoms with van der Waals surface area (Å²) in [5.41, 5.74) is 6.12. The lowest BCUT2D eigenvalue weighted by Gasteiger charge is -2.29. The number of hydrogen-bond acceptors (Lipinski definition) is 3. The van der Waals surface area contributed by atoms with Crippen LogP contribution in [0.1, 0.15) is 58.8 Å². The van der Waals surface area contributed by atoms with Crippen molar-refractivity contribution < 1.29 is 9.53 Å². The lowest BCUT2D eigenvalue weighted by molar-refractivity contribution is -0.132. The van der Waals surface area contributed by atoms with Crippen LogP contribution < -0.4 is 11.1 Å². The largest absolute Gasteiger partial charge is 0.367 e. The van der Waals surface area contributed by atoms with Crippen molar-refractivity contribution in [2.45, 2.75) is 70.4 Å². The molecule has 0 aliphatic heterocycles. The highest BCUT2D eigenvalue weighted by Crippen LogP contribution is 2.25. The molecule has 1 aliphatic rings. The van der Waals surface area contributed by atoms with Crippen LogP contribution in [0.5, 0.6) is 0 Å². The average Bonchev–Trinajstić information content (AvgIpc) is 2.58. The van der Waals surface area contributed by atoms with Gasteiger partial charge in [-0.25, -0.2) is 0 Å². The number of ether oxygens (including phenoxy) is 1. The molecule has 4 nitrogen and oxygen atoms in total. The Morgan fingerprint density at radius 1 is 1.33 bits per heavy atom. The van der Waals surface area contributed by atoms with Gasteiger partial charge >= 0.3 is 0 Å². The first-order chi connectivity index (χ1) is 8.57. The smallest absolute Gasteiger partial charge is 0.248 e. The molecule has 0 aromatic rings. The second kappa shape index (κ2) is 7.74. The fourth-order valence-electron chi connectivity index (χ4n) is 2.34. The maximum atomic E-state index is 11.7. The fraction of sp³-hybridized carbons (Fsp3) is 0.929. The molecular formula is C14H28N2O2. The maximum Gasteiger partial charge on any atom is 0.248 e. The van der Waals surface area contributed by atoms with Crippen molar-refractivity contribution in [1.82, 2.24) is 5.32 Å². The standard InChI is InChI=1S/C14H28N2O2/c1-3-10-16-13(17)12(2)18-11-14(15)8-6-4-5-7-9-14/h12H,3-11,15H2,1-2H3,(H,16,17). The van der Waals surface area contributed by atoms with Crippen LogP contribution in [0.25, 0.3) is 0 Å². The first-order valence-electron chi connectivity index (χ1n) is 7.25. The van der Waals surface area contributed by atoms with Gasteiger partial charge < -0.3 is 15.8 Å². The van der Waals surface area contributed by atoms with E-state index in [1.807, 2.05) is 6.92 Å². The van der Waals surface area contributed by atoms with E-state index >= 15 is 0 Å². The van der Waals surface area contributed by atoms with Crippen molar-refractivity contribution in [3.63, 3.8) is 0 Å². The molecule has 0 saturated heterocycles. The molecule has 1 unspecified atom stereocenters. The zero-order valence-corrected chi connectivity index (χ0v) is 11.8. The summed E-state index contributed by atoms with van der Waals surface area (Å²) in [5.74, 6) is -0.0333. The predicted octanol–water partition coefficient (Wildman–Crippen LogP) is 1.97. The van der Waals surface area contributed by atoms with Gasteiger partial charge in [-0.05, 0) is 26.2 Å². The summed E-state index contributed by atoms with van der Waals surface area (Å²) < 4.78 is 5.66. The minimum atomic E-state index is -0.403. The van der Waals surface area contributed by atoms with Crippen molar-refractivity contribution in [2.75, 3.05) is 13.2 Å². The van der Waals surface area contributed by atoms with Gasteiger partial charge in [0.1, 0.15) is 6.10 Å². The highest BCUT2D eigenvalue weighted by atomic mass is 16.5. The SMILES string of the molecule is CCCNC(=O)C(C)OCC1(N)CCCCCC1. The molecule has 1 fully saturated rings. The van der Waals surface area contributed by atoms with E-state index in [1.165, 1.54) is 25.7 Å². The maximum absolute atomic E-state index is 11.7. The molecule has 4 heteroatoms. The number of rotatable bonds is 6. The molecule has 1 aliphatic carbocycles. The first-order valence-corrected chi connectivity index (χ1v) is 7.25. The minimum Gasteiger partial charge on any atom is -0.367 e. The Kier molecular flexibility index (Phi) is 6.65. The van der Waals surface area contributed by atoms with Crippen LogP contribution in [0.15, 0.2) is 0 Å². The second-order valence-electron chi connectivity index (χ2n) is 5.52. The zero-order chi connectivity index (χ0) is 13.4. The summed E-state index contributed by atoms with van der Waals surface area (Å²) in [4.78, 5) is 11.7. The lowest BCUT2D eigenvalue weighted by atomic mass is 9.92. The molecule has 18 heavy (non-hydrogen) atoms. The number of carbonyl (C=O) groups excluding carboxylic acids is 1. The monoisotopic (exact) mass is 256 g/mol. The van der Waals surface area contributed by atoms with Crippen LogP contribution in [0.4, 0.5) is 0 Å². The van der Waals surface area contributed by atoms with Crippen molar-refractivity contribution >= 4 is 5.91 Å². The molecule has 1 atom stereocenters. The third kappa shape index (κ3) is 5.36. The Morgan fingerprint density at radius 3 is 2.50 bits per heavy atom. The van der Waals surface area contributed by atoms with Gasteiger partial charge in [0.15, 0.2) is 0 Å². The predicted molar refractivity (Wildman–Crippen MR) is 73.3 cm³/mol. The van der Waals surface area contributed by atoms with Crippen molar-refractivity contribution in [2.24, 2.45) is 5.73 Å². The molecule has 0 aromatic carbocycles. The molecule has 0 radical (unpaired) electrons. The first kappa shape index (κ1) is 15.4. The quantitative estimate of drug-likeness (QED) is 0.714. The van der Waals surface area contributed by atoms with Gasteiger partial charge in [-0.3, -0.25) is 4.79 Å². The average molecular weight is 256 g/mol. The van der Waals surface area contributed by atoms with Gasteiger partial charge in [-0.15, -0.1) is 0 Å². The molecule has 0 aromatic heterocycles. The van der Waals surface area contributed by atoms with E-state index in [-0.39, 0.29) is 11.4 Å². The summed E-state index contributed by atoms with van der Waals surface area (Å²) in [7, 11) is 0.